The van der Waals surface area contributed by atoms with Crippen molar-refractivity contribution in [1.82, 2.24) is 0 Å². The zero-order valence-electron chi connectivity index (χ0n) is 15.1. The Morgan fingerprint density at radius 3 is 2.96 bits per heavy atom. The number of quaternary nitrogens is 1. The molecule has 25 heavy (non-hydrogen) atoms. The molecule has 140 valence electrons. The molecule has 2 N–H and O–H groups in total. The maximum Gasteiger partial charge on any atom is 0.194 e. The lowest BCUT2D eigenvalue weighted by Crippen LogP contribution is -3.17. The number of nitrogens with one attached hydrogen (secondary N) is 1. The van der Waals surface area contributed by atoms with Crippen molar-refractivity contribution in [2.75, 3.05) is 20.7 Å². The molecule has 5 fully saturated rings. The lowest BCUT2D eigenvalue weighted by molar-refractivity contribution is -0.910. The Bertz CT molecular complexity index is 598. The van der Waals surface area contributed by atoms with Crippen LogP contribution in [0.4, 0.5) is 0 Å². The van der Waals surface area contributed by atoms with Crippen molar-refractivity contribution >= 4 is 5.78 Å². The van der Waals surface area contributed by atoms with Gasteiger partial charge in [-0.15, -0.1) is 0 Å². The third-order valence-electron chi connectivity index (χ3n) is 8.32. The second-order valence-corrected chi connectivity index (χ2v) is 9.34. The van der Waals surface area contributed by atoms with E-state index in [1.54, 1.807) is 7.11 Å². The minimum absolute atomic E-state index is 0.0230. The van der Waals surface area contributed by atoms with E-state index < -0.39 is 24.1 Å². The van der Waals surface area contributed by atoms with Gasteiger partial charge in [-0.25, -0.2) is 0 Å². The molecule has 3 saturated carbocycles. The molecule has 0 aromatic heterocycles. The number of fused-ring (bicyclic) bond motifs is 1. The minimum Gasteiger partial charge on any atom is -0.850 e. The number of hydrogen-bond donors (Lipinski definition) is 2. The SMILES string of the molecule is CO[C@@]12C[C@@]3(CC[C@H]1O)CC(=O)C1C4C(CC[NH+]1C)CC([O-])C(O2)C43. The molecule has 3 aliphatic carbocycles. The highest BCUT2D eigenvalue weighted by atomic mass is 16.7. The number of ketones is 1. The fourth-order valence-electron chi connectivity index (χ4n) is 7.37. The van der Waals surface area contributed by atoms with Crippen LogP contribution in [0.2, 0.25) is 0 Å². The van der Waals surface area contributed by atoms with Crippen LogP contribution in [0.25, 0.3) is 0 Å². The van der Waals surface area contributed by atoms with Gasteiger partial charge < -0.3 is 24.6 Å². The van der Waals surface area contributed by atoms with Gasteiger partial charge in [0.2, 0.25) is 0 Å². The maximum absolute atomic E-state index is 13.2. The van der Waals surface area contributed by atoms with Gasteiger partial charge in [0.15, 0.2) is 11.6 Å². The van der Waals surface area contributed by atoms with Crippen LogP contribution in [0.5, 0.6) is 0 Å². The van der Waals surface area contributed by atoms with Crippen molar-refractivity contribution in [3.05, 3.63) is 0 Å². The molecule has 6 nitrogen and oxygen atoms in total. The van der Waals surface area contributed by atoms with Crippen LogP contribution in [-0.2, 0) is 14.3 Å². The van der Waals surface area contributed by atoms with Crippen molar-refractivity contribution < 1.29 is 29.4 Å². The number of ether oxygens (including phenoxy) is 2. The Morgan fingerprint density at radius 1 is 1.40 bits per heavy atom. The fourth-order valence-corrected chi connectivity index (χ4v) is 7.37. The number of Topliss-reactive ketones (excluding diaryl/α,β-unsaturated/α-hetero) is 1. The molecular formula is C19H29NO5. The quantitative estimate of drug-likeness (QED) is 0.601. The topological polar surface area (TPSA) is 83.3 Å². The lowest BCUT2D eigenvalue weighted by atomic mass is 9.45. The predicted molar refractivity (Wildman–Crippen MR) is 85.6 cm³/mol. The summed E-state index contributed by atoms with van der Waals surface area (Å²) < 4.78 is 12.0. The molecule has 1 spiro atoms. The summed E-state index contributed by atoms with van der Waals surface area (Å²) in [6.45, 7) is 0.982. The summed E-state index contributed by atoms with van der Waals surface area (Å²) in [5.74, 6) is 0.00631. The Hall–Kier alpha value is -0.530. The molecule has 2 saturated heterocycles. The molecule has 0 aromatic rings. The zero-order chi connectivity index (χ0) is 17.6. The van der Waals surface area contributed by atoms with E-state index in [4.69, 9.17) is 9.47 Å². The number of hydrogen-bond acceptors (Lipinski definition) is 5. The van der Waals surface area contributed by atoms with Crippen molar-refractivity contribution in [1.29, 1.82) is 0 Å². The maximum atomic E-state index is 13.2. The van der Waals surface area contributed by atoms with Gasteiger partial charge in [-0.2, -0.15) is 0 Å². The predicted octanol–water partition coefficient (Wildman–Crippen LogP) is -1.50. The molecule has 2 aliphatic heterocycles. The number of likely N-dealkylation sites (N-methyl/N-ethyl adjacent to an activating group) is 1. The molecule has 5 aliphatic rings. The van der Waals surface area contributed by atoms with E-state index in [0.29, 0.717) is 37.4 Å². The standard InChI is InChI=1S/C19H28NO5/c1-20-6-4-10-7-11(21)17-15-14(10)16(20)12(22)8-18(15)5-3-13(23)19(9-18,24-2)25-17/h10-11,13-17,23H,3-9H2,1-2H3/q-1/p+1/t10?,11?,13-,14?,15?,16?,17?,18-,19-/m1/s1. The number of aliphatic hydroxyl groups excluding tert-OH is 1. The first-order valence-corrected chi connectivity index (χ1v) is 9.83. The molecule has 6 heteroatoms. The van der Waals surface area contributed by atoms with Gasteiger partial charge in [0, 0.05) is 25.9 Å². The van der Waals surface area contributed by atoms with Gasteiger partial charge in [-0.05, 0) is 36.5 Å². The van der Waals surface area contributed by atoms with E-state index in [2.05, 4.69) is 7.05 Å². The first kappa shape index (κ1) is 16.6. The number of methoxy groups -OCH3 is 1. The van der Waals surface area contributed by atoms with E-state index in [0.717, 1.165) is 19.4 Å². The van der Waals surface area contributed by atoms with Gasteiger partial charge in [0.05, 0.1) is 19.7 Å². The van der Waals surface area contributed by atoms with Crippen LogP contribution in [0.15, 0.2) is 0 Å². The molecule has 2 bridgehead atoms. The summed E-state index contributed by atoms with van der Waals surface area (Å²) in [6.07, 6.45) is 2.15. The molecule has 2 heterocycles. The van der Waals surface area contributed by atoms with Crippen LogP contribution >= 0.6 is 0 Å². The third-order valence-corrected chi connectivity index (χ3v) is 8.32. The average molecular weight is 351 g/mol. The highest BCUT2D eigenvalue weighted by Crippen LogP contribution is 2.64. The van der Waals surface area contributed by atoms with Gasteiger partial charge in [0.1, 0.15) is 12.1 Å². The Kier molecular flexibility index (Phi) is 3.50. The monoisotopic (exact) mass is 351 g/mol. The largest absolute Gasteiger partial charge is 0.850 e. The average Bonchev–Trinajstić information content (AvgIpc) is 2.59. The molecule has 0 amide bonds. The summed E-state index contributed by atoms with van der Waals surface area (Å²) in [5, 5.41) is 23.6. The van der Waals surface area contributed by atoms with E-state index in [1.807, 2.05) is 0 Å². The smallest absolute Gasteiger partial charge is 0.194 e. The number of aliphatic hydroxyl groups is 1. The fraction of sp³-hybridized carbons (Fsp3) is 0.947. The summed E-state index contributed by atoms with van der Waals surface area (Å²) >= 11 is 0. The minimum atomic E-state index is -1.10. The molecular weight excluding hydrogens is 322 g/mol. The van der Waals surface area contributed by atoms with Crippen molar-refractivity contribution in [3.8, 4) is 0 Å². The van der Waals surface area contributed by atoms with E-state index >= 15 is 0 Å². The number of rotatable bonds is 1. The Labute approximate surface area is 148 Å². The summed E-state index contributed by atoms with van der Waals surface area (Å²) in [7, 11) is 3.68. The lowest BCUT2D eigenvalue weighted by Gasteiger charge is -2.69. The Morgan fingerprint density at radius 2 is 2.20 bits per heavy atom. The molecule has 7 unspecified atom stereocenters. The van der Waals surface area contributed by atoms with Gasteiger partial charge >= 0.3 is 0 Å². The highest BCUT2D eigenvalue weighted by molar-refractivity contribution is 5.85. The number of carbonyl (C=O) groups excluding carboxylic acids is 1. The first-order valence-electron chi connectivity index (χ1n) is 9.83. The van der Waals surface area contributed by atoms with Gasteiger partial charge in [-0.3, -0.25) is 4.79 Å². The van der Waals surface area contributed by atoms with Crippen LogP contribution in [0.1, 0.15) is 38.5 Å². The van der Waals surface area contributed by atoms with Crippen LogP contribution < -0.4 is 10.0 Å². The Balaban J connectivity index is 1.63. The molecule has 5 rings (SSSR count). The summed E-state index contributed by atoms with van der Waals surface area (Å²) in [4.78, 5) is 14.5. The van der Waals surface area contributed by atoms with Crippen LogP contribution in [-0.4, -0.2) is 61.7 Å². The molecule has 10 atom stereocenters. The van der Waals surface area contributed by atoms with Gasteiger partial charge in [0.25, 0.3) is 0 Å². The van der Waals surface area contributed by atoms with Crippen molar-refractivity contribution in [2.45, 2.75) is 68.7 Å². The summed E-state index contributed by atoms with van der Waals surface area (Å²) in [5.41, 5.74) is -0.227. The van der Waals surface area contributed by atoms with Crippen LogP contribution in [0, 0.1) is 23.2 Å². The normalized spacial score (nSPS) is 60.1. The number of carbonyl (C=O) groups is 1. The van der Waals surface area contributed by atoms with E-state index in [1.165, 1.54) is 4.90 Å². The van der Waals surface area contributed by atoms with Gasteiger partial charge in [-0.1, -0.05) is 12.5 Å². The zero-order valence-corrected chi connectivity index (χ0v) is 15.1. The first-order chi connectivity index (χ1) is 11.9. The van der Waals surface area contributed by atoms with Crippen molar-refractivity contribution in [3.63, 3.8) is 0 Å². The highest BCUT2D eigenvalue weighted by Gasteiger charge is 2.70. The molecule has 0 aromatic carbocycles. The third kappa shape index (κ3) is 2.00. The summed E-state index contributed by atoms with van der Waals surface area (Å²) in [6, 6.07) is 0.0230. The van der Waals surface area contributed by atoms with Crippen molar-refractivity contribution in [2.24, 2.45) is 23.2 Å². The number of likely N-dealkylation sites (tertiary alicyclic amines) is 1. The second kappa shape index (κ2) is 5.26. The van der Waals surface area contributed by atoms with E-state index in [-0.39, 0.29) is 23.3 Å². The van der Waals surface area contributed by atoms with E-state index in [9.17, 15) is 15.0 Å². The number of piperidine rings is 1. The van der Waals surface area contributed by atoms with Crippen LogP contribution in [0.3, 0.4) is 0 Å². The second-order valence-electron chi connectivity index (χ2n) is 9.34. The molecule has 0 radical (unpaired) electrons.